The molecule has 2 aromatic rings. The number of hydrogen-bond acceptors (Lipinski definition) is 5. The minimum Gasteiger partial charge on any atom is -0.343 e. The average Bonchev–Trinajstić information content (AvgIpc) is 3.15. The molecule has 0 saturated carbocycles. The highest BCUT2D eigenvalue weighted by atomic mass is 32.1. The summed E-state index contributed by atoms with van der Waals surface area (Å²) >= 11 is 1.69. The number of carbonyl (C=O) groups is 1. The molecule has 3 rings (SSSR count). The Morgan fingerprint density at radius 2 is 1.91 bits per heavy atom. The number of piperidine rings is 1. The van der Waals surface area contributed by atoms with E-state index in [0.29, 0.717) is 24.1 Å². The van der Waals surface area contributed by atoms with Crippen molar-refractivity contribution >= 4 is 17.2 Å². The molecular weight excluding hydrogens is 444 g/mol. The topological polar surface area (TPSA) is 68.4 Å². The number of aromatic amines is 1. The third-order valence-corrected chi connectivity index (χ3v) is 8.88. The van der Waals surface area contributed by atoms with Crippen LogP contribution in [-0.2, 0) is 5.54 Å². The molecular formula is C27H42N4O2S. The van der Waals surface area contributed by atoms with Crippen LogP contribution in [-0.4, -0.2) is 53.9 Å². The Kier molecular flexibility index (Phi) is 8.43. The molecule has 1 aliphatic heterocycles. The maximum Gasteiger partial charge on any atom is 0.253 e. The zero-order valence-electron chi connectivity index (χ0n) is 22.2. The van der Waals surface area contributed by atoms with Crippen LogP contribution in [0, 0.1) is 20.8 Å². The van der Waals surface area contributed by atoms with Crippen LogP contribution in [0.1, 0.15) is 90.1 Å². The summed E-state index contributed by atoms with van der Waals surface area (Å²) in [5.74, 6) is -0.107. The first kappa shape index (κ1) is 26.6. The van der Waals surface area contributed by atoms with Gasteiger partial charge in [0.15, 0.2) is 0 Å². The minimum absolute atomic E-state index is 0.107. The van der Waals surface area contributed by atoms with Gasteiger partial charge in [-0.05, 0) is 84.7 Å². The number of aromatic nitrogens is 1. The molecule has 2 atom stereocenters. The van der Waals surface area contributed by atoms with Gasteiger partial charge in [-0.3, -0.25) is 14.5 Å². The smallest absolute Gasteiger partial charge is 0.253 e. The third-order valence-electron chi connectivity index (χ3n) is 7.69. The van der Waals surface area contributed by atoms with Crippen molar-refractivity contribution < 1.29 is 4.79 Å². The summed E-state index contributed by atoms with van der Waals surface area (Å²) < 4.78 is 0. The van der Waals surface area contributed by atoms with Crippen LogP contribution in [0.4, 0.5) is 0 Å². The van der Waals surface area contributed by atoms with Gasteiger partial charge in [0.05, 0.1) is 11.1 Å². The Labute approximate surface area is 208 Å². The molecule has 1 fully saturated rings. The second-order valence-corrected chi connectivity index (χ2v) is 11.2. The highest BCUT2D eigenvalue weighted by Gasteiger charge is 2.33. The van der Waals surface area contributed by atoms with Crippen molar-refractivity contribution in [2.24, 2.45) is 0 Å². The molecule has 0 radical (unpaired) electrons. The number of carbonyl (C=O) groups excluding carboxylic acids is 1. The molecule has 1 aliphatic rings. The quantitative estimate of drug-likeness (QED) is 0.557. The summed E-state index contributed by atoms with van der Waals surface area (Å²) in [5.41, 5.74) is 3.29. The number of H-pyrrole nitrogens is 1. The molecule has 6 nitrogen and oxygen atoms in total. The fourth-order valence-electron chi connectivity index (χ4n) is 5.49. The van der Waals surface area contributed by atoms with E-state index in [1.807, 2.05) is 39.1 Å². The maximum atomic E-state index is 13.5. The minimum atomic E-state index is -0.741. The summed E-state index contributed by atoms with van der Waals surface area (Å²) in [6, 6.07) is 2.96. The van der Waals surface area contributed by atoms with Gasteiger partial charge in [-0.1, -0.05) is 13.8 Å². The van der Waals surface area contributed by atoms with Crippen molar-refractivity contribution in [2.75, 3.05) is 27.2 Å². The Hall–Kier alpha value is -1.96. The highest BCUT2D eigenvalue weighted by molar-refractivity contribution is 7.10. The molecule has 0 bridgehead atoms. The molecule has 1 saturated heterocycles. The number of nitrogens with zero attached hydrogens (tertiary/aromatic N) is 2. The van der Waals surface area contributed by atoms with E-state index in [0.717, 1.165) is 41.9 Å². The Morgan fingerprint density at radius 1 is 1.26 bits per heavy atom. The van der Waals surface area contributed by atoms with Crippen LogP contribution in [0.25, 0.3) is 0 Å². The molecule has 2 unspecified atom stereocenters. The molecule has 7 heteroatoms. The number of rotatable bonds is 8. The monoisotopic (exact) mass is 486 g/mol. The van der Waals surface area contributed by atoms with Gasteiger partial charge in [0.25, 0.3) is 11.5 Å². The number of thiophene rings is 1. The summed E-state index contributed by atoms with van der Waals surface area (Å²) in [6.45, 7) is 14.3. The van der Waals surface area contributed by atoms with Gasteiger partial charge in [0, 0.05) is 46.7 Å². The molecule has 2 aromatic heterocycles. The van der Waals surface area contributed by atoms with Crippen LogP contribution in [0.2, 0.25) is 0 Å². The number of aryl methyl sites for hydroxylation is 2. The number of likely N-dealkylation sites (tertiary alicyclic amines) is 1. The number of amides is 1. The lowest BCUT2D eigenvalue weighted by atomic mass is 9.86. The summed E-state index contributed by atoms with van der Waals surface area (Å²) in [4.78, 5) is 35.4. The lowest BCUT2D eigenvalue weighted by Crippen LogP contribution is -2.47. The normalized spacial score (nSPS) is 18.1. The zero-order valence-corrected chi connectivity index (χ0v) is 23.0. The lowest BCUT2D eigenvalue weighted by molar-refractivity contribution is 0.0900. The highest BCUT2D eigenvalue weighted by Crippen LogP contribution is 2.36. The van der Waals surface area contributed by atoms with Gasteiger partial charge in [-0.25, -0.2) is 0 Å². The fourth-order valence-corrected chi connectivity index (χ4v) is 6.78. The molecule has 34 heavy (non-hydrogen) atoms. The summed E-state index contributed by atoms with van der Waals surface area (Å²) in [7, 11) is 4.34. The van der Waals surface area contributed by atoms with Crippen LogP contribution in [0.3, 0.4) is 0 Å². The van der Waals surface area contributed by atoms with E-state index in [2.05, 4.69) is 48.0 Å². The molecule has 2 N–H and O–H groups in total. The third kappa shape index (κ3) is 5.31. The number of hydrogen-bond donors (Lipinski definition) is 2. The summed E-state index contributed by atoms with van der Waals surface area (Å²) in [6.07, 6.45) is 4.01. The van der Waals surface area contributed by atoms with E-state index in [9.17, 15) is 9.59 Å². The zero-order chi connectivity index (χ0) is 25.2. The largest absolute Gasteiger partial charge is 0.343 e. The first-order valence-corrected chi connectivity index (χ1v) is 13.4. The summed E-state index contributed by atoms with van der Waals surface area (Å²) in [5, 5.41) is 5.21. The SMILES string of the molecule is CCC(c1scc(C(=O)NC(C)(CC)c2c(C)cc(C)[nH]c2=O)c1C)N1CCC(N(C)C)CC1. The average molecular weight is 487 g/mol. The van der Waals surface area contributed by atoms with Crippen molar-refractivity contribution in [3.05, 3.63) is 54.6 Å². The number of nitrogens with one attached hydrogen (secondary N) is 2. The second-order valence-electron chi connectivity index (χ2n) is 10.3. The molecule has 0 aliphatic carbocycles. The van der Waals surface area contributed by atoms with Gasteiger partial charge in [0.2, 0.25) is 0 Å². The second kappa shape index (κ2) is 10.8. The number of pyridine rings is 1. The molecule has 1 amide bonds. The fraction of sp³-hybridized carbons (Fsp3) is 0.630. The van der Waals surface area contributed by atoms with Crippen molar-refractivity contribution in [2.45, 2.75) is 84.8 Å². The van der Waals surface area contributed by atoms with Gasteiger partial charge in [0.1, 0.15) is 0 Å². The van der Waals surface area contributed by atoms with Crippen molar-refractivity contribution in [3.8, 4) is 0 Å². The first-order valence-electron chi connectivity index (χ1n) is 12.5. The maximum absolute atomic E-state index is 13.5. The molecule has 0 spiro atoms. The molecule has 0 aromatic carbocycles. The van der Waals surface area contributed by atoms with E-state index >= 15 is 0 Å². The van der Waals surface area contributed by atoms with Crippen LogP contribution < -0.4 is 10.9 Å². The lowest BCUT2D eigenvalue weighted by Gasteiger charge is -2.39. The Balaban J connectivity index is 1.83. The van der Waals surface area contributed by atoms with E-state index in [-0.39, 0.29) is 11.5 Å². The first-order chi connectivity index (χ1) is 16.0. The molecule has 188 valence electrons. The van der Waals surface area contributed by atoms with Gasteiger partial charge in [-0.2, -0.15) is 0 Å². The van der Waals surface area contributed by atoms with Crippen LogP contribution in [0.15, 0.2) is 16.2 Å². The van der Waals surface area contributed by atoms with E-state index < -0.39 is 5.54 Å². The van der Waals surface area contributed by atoms with Crippen LogP contribution >= 0.6 is 11.3 Å². The van der Waals surface area contributed by atoms with Crippen molar-refractivity contribution in [1.29, 1.82) is 0 Å². The van der Waals surface area contributed by atoms with E-state index in [4.69, 9.17) is 0 Å². The van der Waals surface area contributed by atoms with Crippen LogP contribution in [0.5, 0.6) is 0 Å². The predicted molar refractivity (Wildman–Crippen MR) is 142 cm³/mol. The van der Waals surface area contributed by atoms with Gasteiger partial charge < -0.3 is 15.2 Å². The van der Waals surface area contributed by atoms with Gasteiger partial charge in [-0.15, -0.1) is 11.3 Å². The van der Waals surface area contributed by atoms with Crippen molar-refractivity contribution in [3.63, 3.8) is 0 Å². The van der Waals surface area contributed by atoms with Crippen molar-refractivity contribution in [1.82, 2.24) is 20.1 Å². The predicted octanol–water partition coefficient (Wildman–Crippen LogP) is 4.89. The standard InChI is InChI=1S/C27H42N4O2S/c1-9-22(31-13-11-20(12-14-31)30(7)8)24-19(5)21(16-34-24)25(32)29-27(6,10-2)23-17(3)15-18(4)28-26(23)33/h15-16,20,22H,9-14H2,1-8H3,(H,28,33)(H,29,32). The molecule has 3 heterocycles. The van der Waals surface area contributed by atoms with Gasteiger partial charge >= 0.3 is 0 Å². The van der Waals surface area contributed by atoms with E-state index in [1.54, 1.807) is 11.3 Å². The Bertz CT molecular complexity index is 1070. The van der Waals surface area contributed by atoms with E-state index in [1.165, 1.54) is 17.7 Å². The Morgan fingerprint density at radius 3 is 2.44 bits per heavy atom.